The predicted octanol–water partition coefficient (Wildman–Crippen LogP) is 1.13. The van der Waals surface area contributed by atoms with Crippen molar-refractivity contribution in [2.75, 3.05) is 26.2 Å². The molecule has 0 bridgehead atoms. The third kappa shape index (κ3) is 2.73. The van der Waals surface area contributed by atoms with Crippen LogP contribution in [0.25, 0.3) is 11.3 Å². The number of hydrogen-bond donors (Lipinski definition) is 0. The molecule has 4 rings (SSSR count). The predicted molar refractivity (Wildman–Crippen MR) is 90.5 cm³/mol. The molecule has 2 aromatic rings. The molecule has 3 heterocycles. The summed E-state index contributed by atoms with van der Waals surface area (Å²) in [6, 6.07) is 0.756. The Morgan fingerprint density at radius 3 is 2.42 bits per heavy atom. The Balaban J connectivity index is 1.50. The van der Waals surface area contributed by atoms with Crippen LogP contribution in [-0.4, -0.2) is 67.5 Å². The van der Waals surface area contributed by atoms with E-state index < -0.39 is 0 Å². The zero-order valence-corrected chi connectivity index (χ0v) is 14.4. The Kier molecular flexibility index (Phi) is 3.88. The van der Waals surface area contributed by atoms with Crippen molar-refractivity contribution in [2.45, 2.75) is 25.3 Å². The second-order valence-electron chi connectivity index (χ2n) is 6.88. The maximum absolute atomic E-state index is 13.0. The number of aromatic nitrogens is 4. The number of hydrogen-bond acceptors (Lipinski definition) is 4. The van der Waals surface area contributed by atoms with Gasteiger partial charge in [-0.25, -0.2) is 0 Å². The second-order valence-corrected chi connectivity index (χ2v) is 6.88. The van der Waals surface area contributed by atoms with Gasteiger partial charge in [-0.05, 0) is 12.8 Å². The largest absolute Gasteiger partial charge is 0.336 e. The summed E-state index contributed by atoms with van der Waals surface area (Å²) in [5.41, 5.74) is 2.27. The van der Waals surface area contributed by atoms with E-state index in [1.165, 1.54) is 19.3 Å². The highest BCUT2D eigenvalue weighted by molar-refractivity contribution is 5.99. The molecule has 24 heavy (non-hydrogen) atoms. The van der Waals surface area contributed by atoms with Crippen LogP contribution < -0.4 is 0 Å². The first-order valence-electron chi connectivity index (χ1n) is 8.68. The van der Waals surface area contributed by atoms with Gasteiger partial charge in [0.2, 0.25) is 0 Å². The third-order valence-corrected chi connectivity index (χ3v) is 5.23. The van der Waals surface area contributed by atoms with Gasteiger partial charge in [0.1, 0.15) is 5.69 Å². The molecule has 7 heteroatoms. The SMILES string of the molecule is Cn1cc(-c2nn(C)cc2C(=O)N2CCN(C3CCC3)CC2)cn1. The first kappa shape index (κ1) is 15.4. The summed E-state index contributed by atoms with van der Waals surface area (Å²) in [7, 11) is 3.72. The molecule has 2 aliphatic rings. The lowest BCUT2D eigenvalue weighted by Gasteiger charge is -2.42. The molecule has 1 saturated carbocycles. The fourth-order valence-electron chi connectivity index (χ4n) is 3.61. The number of rotatable bonds is 3. The number of aryl methyl sites for hydroxylation is 2. The normalized spacial score (nSPS) is 19.5. The van der Waals surface area contributed by atoms with Crippen LogP contribution in [0.3, 0.4) is 0 Å². The summed E-state index contributed by atoms with van der Waals surface area (Å²) < 4.78 is 3.44. The molecule has 1 amide bonds. The topological polar surface area (TPSA) is 59.2 Å². The summed E-state index contributed by atoms with van der Waals surface area (Å²) in [5, 5.41) is 8.68. The summed E-state index contributed by atoms with van der Waals surface area (Å²) in [5.74, 6) is 0.0789. The van der Waals surface area contributed by atoms with E-state index >= 15 is 0 Å². The number of amides is 1. The molecule has 128 valence electrons. The number of carbonyl (C=O) groups excluding carboxylic acids is 1. The molecule has 7 nitrogen and oxygen atoms in total. The van der Waals surface area contributed by atoms with Gasteiger partial charge in [-0.1, -0.05) is 6.42 Å². The maximum Gasteiger partial charge on any atom is 0.257 e. The minimum Gasteiger partial charge on any atom is -0.336 e. The van der Waals surface area contributed by atoms with Gasteiger partial charge in [0.05, 0.1) is 11.8 Å². The average molecular weight is 328 g/mol. The van der Waals surface area contributed by atoms with Gasteiger partial charge in [-0.15, -0.1) is 0 Å². The molecule has 2 fully saturated rings. The van der Waals surface area contributed by atoms with Crippen LogP contribution in [0.4, 0.5) is 0 Å². The van der Waals surface area contributed by atoms with Crippen LogP contribution in [0.1, 0.15) is 29.6 Å². The molecular formula is C17H24N6O. The van der Waals surface area contributed by atoms with E-state index in [1.807, 2.05) is 31.4 Å². The lowest BCUT2D eigenvalue weighted by atomic mass is 9.91. The minimum absolute atomic E-state index is 0.0789. The molecule has 0 atom stereocenters. The van der Waals surface area contributed by atoms with E-state index in [1.54, 1.807) is 15.6 Å². The molecule has 1 saturated heterocycles. The van der Waals surface area contributed by atoms with E-state index in [4.69, 9.17) is 0 Å². The van der Waals surface area contributed by atoms with Gasteiger partial charge < -0.3 is 4.90 Å². The summed E-state index contributed by atoms with van der Waals surface area (Å²) in [6.45, 7) is 3.57. The van der Waals surface area contributed by atoms with Crippen LogP contribution in [-0.2, 0) is 14.1 Å². The fourth-order valence-corrected chi connectivity index (χ4v) is 3.61. The zero-order valence-electron chi connectivity index (χ0n) is 14.4. The van der Waals surface area contributed by atoms with E-state index in [0.29, 0.717) is 5.56 Å². The Morgan fingerprint density at radius 2 is 1.83 bits per heavy atom. The first-order chi connectivity index (χ1) is 11.6. The van der Waals surface area contributed by atoms with Crippen molar-refractivity contribution in [1.29, 1.82) is 0 Å². The smallest absolute Gasteiger partial charge is 0.257 e. The zero-order chi connectivity index (χ0) is 16.7. The number of carbonyl (C=O) groups is 1. The summed E-state index contributed by atoms with van der Waals surface area (Å²) in [6.07, 6.45) is 9.47. The van der Waals surface area contributed by atoms with E-state index in [9.17, 15) is 4.79 Å². The summed E-state index contributed by atoms with van der Waals surface area (Å²) >= 11 is 0. The third-order valence-electron chi connectivity index (χ3n) is 5.23. The molecule has 0 radical (unpaired) electrons. The Labute approximate surface area is 141 Å². The van der Waals surface area contributed by atoms with Gasteiger partial charge in [0, 0.05) is 64.3 Å². The van der Waals surface area contributed by atoms with Gasteiger partial charge in [0.25, 0.3) is 5.91 Å². The molecule has 0 spiro atoms. The Hall–Kier alpha value is -2.15. The van der Waals surface area contributed by atoms with Gasteiger partial charge in [0.15, 0.2) is 0 Å². The fraction of sp³-hybridized carbons (Fsp3) is 0.588. The molecule has 0 unspecified atom stereocenters. The van der Waals surface area contributed by atoms with Crippen molar-refractivity contribution in [3.05, 3.63) is 24.2 Å². The average Bonchev–Trinajstić information content (AvgIpc) is 3.11. The molecule has 0 aromatic carbocycles. The van der Waals surface area contributed by atoms with Crippen molar-refractivity contribution < 1.29 is 4.79 Å². The first-order valence-corrected chi connectivity index (χ1v) is 8.68. The molecule has 0 N–H and O–H groups in total. The molecule has 2 aromatic heterocycles. The molecule has 1 aliphatic heterocycles. The highest BCUT2D eigenvalue weighted by Crippen LogP contribution is 2.27. The molecular weight excluding hydrogens is 304 g/mol. The van der Waals surface area contributed by atoms with E-state index in [0.717, 1.165) is 43.5 Å². The lowest BCUT2D eigenvalue weighted by Crippen LogP contribution is -2.53. The quantitative estimate of drug-likeness (QED) is 0.847. The van der Waals surface area contributed by atoms with Gasteiger partial charge in [-0.3, -0.25) is 19.1 Å². The van der Waals surface area contributed by atoms with Crippen LogP contribution in [0, 0.1) is 0 Å². The highest BCUT2D eigenvalue weighted by atomic mass is 16.2. The minimum atomic E-state index is 0.0789. The van der Waals surface area contributed by atoms with E-state index in [-0.39, 0.29) is 5.91 Å². The maximum atomic E-state index is 13.0. The van der Waals surface area contributed by atoms with Crippen LogP contribution in [0.15, 0.2) is 18.6 Å². The van der Waals surface area contributed by atoms with Crippen LogP contribution in [0.2, 0.25) is 0 Å². The van der Waals surface area contributed by atoms with Crippen LogP contribution >= 0.6 is 0 Å². The monoisotopic (exact) mass is 328 g/mol. The van der Waals surface area contributed by atoms with Gasteiger partial charge >= 0.3 is 0 Å². The van der Waals surface area contributed by atoms with E-state index in [2.05, 4.69) is 15.1 Å². The standard InChI is InChI=1S/C17H24N6O/c1-20-11-13(10-18-20)16-15(12-21(2)19-16)17(24)23-8-6-22(7-9-23)14-4-3-5-14/h10-12,14H,3-9H2,1-2H3. The second kappa shape index (κ2) is 6.05. The molecule has 1 aliphatic carbocycles. The number of nitrogens with zero attached hydrogens (tertiary/aromatic N) is 6. The van der Waals surface area contributed by atoms with Crippen molar-refractivity contribution in [2.24, 2.45) is 14.1 Å². The van der Waals surface area contributed by atoms with Crippen molar-refractivity contribution in [1.82, 2.24) is 29.4 Å². The Bertz CT molecular complexity index is 736. The summed E-state index contributed by atoms with van der Waals surface area (Å²) in [4.78, 5) is 17.5. The van der Waals surface area contributed by atoms with Gasteiger partial charge in [-0.2, -0.15) is 10.2 Å². The van der Waals surface area contributed by atoms with Crippen molar-refractivity contribution in [3.63, 3.8) is 0 Å². The van der Waals surface area contributed by atoms with Crippen LogP contribution in [0.5, 0.6) is 0 Å². The number of piperazine rings is 1. The lowest BCUT2D eigenvalue weighted by molar-refractivity contribution is 0.0456. The van der Waals surface area contributed by atoms with Crippen molar-refractivity contribution in [3.8, 4) is 11.3 Å². The highest BCUT2D eigenvalue weighted by Gasteiger charge is 2.31. The van der Waals surface area contributed by atoms with Crippen molar-refractivity contribution >= 4 is 5.91 Å². The Morgan fingerprint density at radius 1 is 1.08 bits per heavy atom.